The molecule has 1 atom stereocenters. The van der Waals surface area contributed by atoms with E-state index >= 15 is 0 Å². The van der Waals surface area contributed by atoms with Gasteiger partial charge < -0.3 is 15.0 Å². The topological polar surface area (TPSA) is 41.6 Å². The van der Waals surface area contributed by atoms with Gasteiger partial charge in [0, 0.05) is 29.6 Å². The van der Waals surface area contributed by atoms with Gasteiger partial charge in [0.05, 0.1) is 0 Å². The summed E-state index contributed by atoms with van der Waals surface area (Å²) < 4.78 is 19.2. The summed E-state index contributed by atoms with van der Waals surface area (Å²) in [5.41, 5.74) is 0.527. The summed E-state index contributed by atoms with van der Waals surface area (Å²) in [5, 5.41) is 3.44. The van der Waals surface area contributed by atoms with Crippen LogP contribution in [0.5, 0.6) is 0 Å². The van der Waals surface area contributed by atoms with Gasteiger partial charge in [-0.3, -0.25) is 0 Å². The van der Waals surface area contributed by atoms with E-state index in [4.69, 9.17) is 4.74 Å². The quantitative estimate of drug-likeness (QED) is 0.875. The Morgan fingerprint density at radius 2 is 2.09 bits per heavy atom. The molecule has 0 saturated carbocycles. The third kappa shape index (κ3) is 4.43. The van der Waals surface area contributed by atoms with E-state index in [0.29, 0.717) is 13.1 Å². The van der Waals surface area contributed by atoms with Crippen molar-refractivity contribution < 1.29 is 13.9 Å². The van der Waals surface area contributed by atoms with Gasteiger partial charge in [-0.05, 0) is 45.4 Å². The van der Waals surface area contributed by atoms with Gasteiger partial charge in [0.15, 0.2) is 0 Å². The zero-order valence-corrected chi connectivity index (χ0v) is 14.9. The van der Waals surface area contributed by atoms with Crippen molar-refractivity contribution in [3.05, 3.63) is 34.1 Å². The molecule has 1 saturated heterocycles. The van der Waals surface area contributed by atoms with Crippen molar-refractivity contribution in [3.8, 4) is 0 Å². The molecule has 1 N–H and O–H groups in total. The second-order valence-electron chi connectivity index (χ2n) is 6.64. The first kappa shape index (κ1) is 17.2. The highest BCUT2D eigenvalue weighted by Gasteiger charge is 2.34. The van der Waals surface area contributed by atoms with Crippen LogP contribution in [-0.4, -0.2) is 35.7 Å². The number of halogens is 2. The molecule has 0 spiro atoms. The highest BCUT2D eigenvalue weighted by Crippen LogP contribution is 2.25. The molecule has 0 aliphatic carbocycles. The molecule has 6 heteroatoms. The van der Waals surface area contributed by atoms with Gasteiger partial charge in [-0.25, -0.2) is 9.18 Å². The number of rotatable bonds is 3. The normalized spacial score (nSPS) is 17.1. The Labute approximate surface area is 139 Å². The second-order valence-corrected chi connectivity index (χ2v) is 7.49. The Hall–Kier alpha value is -1.14. The molecule has 1 aromatic rings. The summed E-state index contributed by atoms with van der Waals surface area (Å²) in [6.45, 7) is 8.84. The molecular weight excluding hydrogens is 351 g/mol. The third-order valence-corrected chi connectivity index (χ3v) is 4.13. The van der Waals surface area contributed by atoms with Crippen molar-refractivity contribution in [2.75, 3.05) is 13.1 Å². The van der Waals surface area contributed by atoms with Crippen molar-refractivity contribution >= 4 is 22.0 Å². The van der Waals surface area contributed by atoms with Gasteiger partial charge in [0.2, 0.25) is 0 Å². The lowest BCUT2D eigenvalue weighted by atomic mass is 10.0. The predicted octanol–water partition coefficient (Wildman–Crippen LogP) is 3.86. The Bertz CT molecular complexity index is 554. The molecule has 1 unspecified atom stereocenters. The van der Waals surface area contributed by atoms with Crippen LogP contribution < -0.4 is 5.32 Å². The summed E-state index contributed by atoms with van der Waals surface area (Å²) in [6.07, 6.45) is -0.277. The van der Waals surface area contributed by atoms with Crippen LogP contribution in [0.2, 0.25) is 0 Å². The largest absolute Gasteiger partial charge is 0.444 e. The SMILES string of the molecule is CC(NC1CN(C(=O)OC(C)(C)C)C1)c1ccc(F)cc1Br. The van der Waals surface area contributed by atoms with Crippen LogP contribution in [-0.2, 0) is 4.74 Å². The Balaban J connectivity index is 1.83. The van der Waals surface area contributed by atoms with Crippen LogP contribution in [0.15, 0.2) is 22.7 Å². The van der Waals surface area contributed by atoms with E-state index in [1.165, 1.54) is 12.1 Å². The van der Waals surface area contributed by atoms with Gasteiger partial charge in [-0.2, -0.15) is 0 Å². The number of carbonyl (C=O) groups is 1. The maximum atomic E-state index is 13.1. The first-order valence-electron chi connectivity index (χ1n) is 7.34. The summed E-state index contributed by atoms with van der Waals surface area (Å²) in [6, 6.07) is 4.97. The summed E-state index contributed by atoms with van der Waals surface area (Å²) in [7, 11) is 0. The molecule has 122 valence electrons. The smallest absolute Gasteiger partial charge is 0.410 e. The molecule has 1 aromatic carbocycles. The van der Waals surface area contributed by atoms with Crippen molar-refractivity contribution in [3.63, 3.8) is 0 Å². The Kier molecular flexibility index (Phi) is 5.12. The van der Waals surface area contributed by atoms with E-state index in [-0.39, 0.29) is 24.0 Å². The average molecular weight is 373 g/mol. The number of amides is 1. The molecule has 2 rings (SSSR count). The molecule has 0 radical (unpaired) electrons. The van der Waals surface area contributed by atoms with E-state index < -0.39 is 5.60 Å². The summed E-state index contributed by atoms with van der Waals surface area (Å²) >= 11 is 3.38. The van der Waals surface area contributed by atoms with E-state index in [9.17, 15) is 9.18 Å². The van der Waals surface area contributed by atoms with Crippen LogP contribution in [0.1, 0.15) is 39.3 Å². The van der Waals surface area contributed by atoms with E-state index in [2.05, 4.69) is 21.2 Å². The van der Waals surface area contributed by atoms with Crippen LogP contribution in [0.3, 0.4) is 0 Å². The fraction of sp³-hybridized carbons (Fsp3) is 0.562. The van der Waals surface area contributed by atoms with Crippen molar-refractivity contribution in [2.24, 2.45) is 0 Å². The van der Waals surface area contributed by atoms with Crippen molar-refractivity contribution in [1.29, 1.82) is 0 Å². The number of nitrogens with one attached hydrogen (secondary N) is 1. The highest BCUT2D eigenvalue weighted by molar-refractivity contribution is 9.10. The Morgan fingerprint density at radius 3 is 2.64 bits per heavy atom. The molecule has 1 aliphatic rings. The molecule has 4 nitrogen and oxygen atoms in total. The van der Waals surface area contributed by atoms with Crippen LogP contribution in [0.4, 0.5) is 9.18 Å². The molecular formula is C16H22BrFN2O2. The van der Waals surface area contributed by atoms with E-state index in [0.717, 1.165) is 10.0 Å². The fourth-order valence-electron chi connectivity index (χ4n) is 2.36. The van der Waals surface area contributed by atoms with Crippen LogP contribution >= 0.6 is 15.9 Å². The lowest BCUT2D eigenvalue weighted by molar-refractivity contribution is 0.00433. The van der Waals surface area contributed by atoms with Crippen molar-refractivity contribution in [1.82, 2.24) is 10.2 Å². The number of carbonyl (C=O) groups excluding carboxylic acids is 1. The second kappa shape index (κ2) is 6.54. The number of nitrogens with zero attached hydrogens (tertiary/aromatic N) is 1. The zero-order chi connectivity index (χ0) is 16.5. The maximum Gasteiger partial charge on any atom is 0.410 e. The summed E-state index contributed by atoms with van der Waals surface area (Å²) in [5.74, 6) is -0.262. The van der Waals surface area contributed by atoms with Gasteiger partial charge in [-0.1, -0.05) is 22.0 Å². The fourth-order valence-corrected chi connectivity index (χ4v) is 3.05. The maximum absolute atomic E-state index is 13.1. The minimum absolute atomic E-state index is 0.0701. The molecule has 0 bridgehead atoms. The molecule has 1 aliphatic heterocycles. The average Bonchev–Trinajstić information content (AvgIpc) is 2.30. The molecule has 1 amide bonds. The van der Waals surface area contributed by atoms with Crippen molar-refractivity contribution in [2.45, 2.75) is 45.4 Å². The van der Waals surface area contributed by atoms with Gasteiger partial charge in [0.1, 0.15) is 11.4 Å². The Morgan fingerprint density at radius 1 is 1.45 bits per heavy atom. The van der Waals surface area contributed by atoms with E-state index in [1.54, 1.807) is 11.0 Å². The highest BCUT2D eigenvalue weighted by atomic mass is 79.9. The molecule has 1 heterocycles. The van der Waals surface area contributed by atoms with Gasteiger partial charge in [-0.15, -0.1) is 0 Å². The number of hydrogen-bond acceptors (Lipinski definition) is 3. The zero-order valence-electron chi connectivity index (χ0n) is 13.3. The standard InChI is InChI=1S/C16H22BrFN2O2/c1-10(13-6-5-11(18)7-14(13)17)19-12-8-20(9-12)15(21)22-16(2,3)4/h5-7,10,12,19H,8-9H2,1-4H3. The molecule has 0 aromatic heterocycles. The van der Waals surface area contributed by atoms with Gasteiger partial charge in [0.25, 0.3) is 0 Å². The lowest BCUT2D eigenvalue weighted by Gasteiger charge is -2.41. The number of benzene rings is 1. The number of hydrogen-bond donors (Lipinski definition) is 1. The van der Waals surface area contributed by atoms with Gasteiger partial charge >= 0.3 is 6.09 Å². The minimum Gasteiger partial charge on any atom is -0.444 e. The molecule has 1 fully saturated rings. The predicted molar refractivity (Wildman–Crippen MR) is 87.2 cm³/mol. The number of ether oxygens (including phenoxy) is 1. The lowest BCUT2D eigenvalue weighted by Crippen LogP contribution is -2.60. The minimum atomic E-state index is -0.470. The summed E-state index contributed by atoms with van der Waals surface area (Å²) in [4.78, 5) is 13.5. The third-order valence-electron chi connectivity index (χ3n) is 3.45. The number of likely N-dealkylation sites (tertiary alicyclic amines) is 1. The first-order chi connectivity index (χ1) is 10.2. The molecule has 22 heavy (non-hydrogen) atoms. The van der Waals surface area contributed by atoms with E-state index in [1.807, 2.05) is 27.7 Å². The van der Waals surface area contributed by atoms with Crippen LogP contribution in [0, 0.1) is 5.82 Å². The van der Waals surface area contributed by atoms with Crippen LogP contribution in [0.25, 0.3) is 0 Å². The monoisotopic (exact) mass is 372 g/mol. The first-order valence-corrected chi connectivity index (χ1v) is 8.14.